The topological polar surface area (TPSA) is 23.8 Å². The normalized spacial score (nSPS) is 23.3. The van der Waals surface area contributed by atoms with Gasteiger partial charge in [-0.2, -0.15) is 5.26 Å². The molecule has 1 rings (SSSR count). The maximum Gasteiger partial charge on any atom is 0.0689 e. The van der Waals surface area contributed by atoms with Crippen LogP contribution in [0.25, 0.3) is 0 Å². The Balaban J connectivity index is 2.32. The van der Waals surface area contributed by atoms with E-state index in [0.29, 0.717) is 0 Å². The van der Waals surface area contributed by atoms with E-state index in [1.54, 1.807) is 0 Å². The molecule has 1 aliphatic carbocycles. The quantitative estimate of drug-likeness (QED) is 0.586. The Morgan fingerprint density at radius 3 is 2.50 bits per heavy atom. The molecular formula is C9H15N. The third kappa shape index (κ3) is 1.50. The van der Waals surface area contributed by atoms with E-state index in [0.717, 1.165) is 25.2 Å². The van der Waals surface area contributed by atoms with Crippen LogP contribution in [0.15, 0.2) is 0 Å². The van der Waals surface area contributed by atoms with Gasteiger partial charge in [-0.25, -0.2) is 0 Å². The van der Waals surface area contributed by atoms with Gasteiger partial charge in [-0.15, -0.1) is 0 Å². The molecule has 1 nitrogen and oxygen atoms in total. The summed E-state index contributed by atoms with van der Waals surface area (Å²) in [5, 5.41) is 8.75. The summed E-state index contributed by atoms with van der Waals surface area (Å²) in [5.41, 5.74) is 0.120. The summed E-state index contributed by atoms with van der Waals surface area (Å²) < 4.78 is 0. The van der Waals surface area contributed by atoms with Gasteiger partial charge in [0, 0.05) is 0 Å². The Kier molecular flexibility index (Phi) is 1.99. The van der Waals surface area contributed by atoms with E-state index in [1.165, 1.54) is 6.42 Å². The van der Waals surface area contributed by atoms with E-state index in [1.807, 2.05) is 0 Å². The first-order chi connectivity index (χ1) is 4.72. The summed E-state index contributed by atoms with van der Waals surface area (Å²) in [4.78, 5) is 0. The number of nitriles is 1. The van der Waals surface area contributed by atoms with Gasteiger partial charge in [-0.3, -0.25) is 0 Å². The Bertz CT molecular complexity index is 151. The van der Waals surface area contributed by atoms with Crippen LogP contribution in [0, 0.1) is 22.7 Å². The number of rotatable bonds is 3. The third-order valence-electron chi connectivity index (χ3n) is 2.53. The molecule has 56 valence electrons. The molecule has 0 heterocycles. The van der Waals surface area contributed by atoms with Crippen LogP contribution in [0.2, 0.25) is 0 Å². The van der Waals surface area contributed by atoms with Gasteiger partial charge >= 0.3 is 0 Å². The molecule has 0 aliphatic heterocycles. The van der Waals surface area contributed by atoms with Crippen LogP contribution in [-0.2, 0) is 0 Å². The summed E-state index contributed by atoms with van der Waals surface area (Å²) in [6.07, 6.45) is 4.63. The van der Waals surface area contributed by atoms with Crippen LogP contribution in [-0.4, -0.2) is 0 Å². The Labute approximate surface area is 63.0 Å². The standard InChI is InChI=1S/C9H15N/c1-3-8(2)6-9(7-10)4-5-9/h8H,3-6H2,1-2H3. The summed E-state index contributed by atoms with van der Waals surface area (Å²) >= 11 is 0. The van der Waals surface area contributed by atoms with Crippen LogP contribution in [0.1, 0.15) is 39.5 Å². The molecule has 0 aromatic heterocycles. The van der Waals surface area contributed by atoms with E-state index in [4.69, 9.17) is 5.26 Å². The lowest BCUT2D eigenvalue weighted by Crippen LogP contribution is -2.03. The molecule has 0 N–H and O–H groups in total. The third-order valence-corrected chi connectivity index (χ3v) is 2.53. The minimum atomic E-state index is 0.120. The van der Waals surface area contributed by atoms with Crippen molar-refractivity contribution in [2.75, 3.05) is 0 Å². The summed E-state index contributed by atoms with van der Waals surface area (Å²) in [6, 6.07) is 2.42. The highest BCUT2D eigenvalue weighted by Crippen LogP contribution is 2.50. The van der Waals surface area contributed by atoms with Crippen LogP contribution in [0.3, 0.4) is 0 Å². The van der Waals surface area contributed by atoms with Gasteiger partial charge in [0.2, 0.25) is 0 Å². The average Bonchev–Trinajstić information content (AvgIpc) is 2.70. The van der Waals surface area contributed by atoms with Gasteiger partial charge < -0.3 is 0 Å². The van der Waals surface area contributed by atoms with E-state index in [2.05, 4.69) is 19.9 Å². The highest BCUT2D eigenvalue weighted by molar-refractivity contribution is 5.09. The predicted molar refractivity (Wildman–Crippen MR) is 41.4 cm³/mol. The Morgan fingerprint density at radius 1 is 1.60 bits per heavy atom. The Hall–Kier alpha value is -0.510. The minimum Gasteiger partial charge on any atom is -0.198 e. The molecule has 0 aromatic rings. The van der Waals surface area contributed by atoms with Crippen molar-refractivity contribution in [1.29, 1.82) is 5.26 Å². The highest BCUT2D eigenvalue weighted by Gasteiger charge is 2.43. The van der Waals surface area contributed by atoms with Gasteiger partial charge in [0.15, 0.2) is 0 Å². The summed E-state index contributed by atoms with van der Waals surface area (Å²) in [7, 11) is 0. The number of hydrogen-bond acceptors (Lipinski definition) is 1. The predicted octanol–water partition coefficient (Wildman–Crippen LogP) is 2.73. The molecular weight excluding hydrogens is 122 g/mol. The fourth-order valence-electron chi connectivity index (χ4n) is 1.32. The monoisotopic (exact) mass is 137 g/mol. The Morgan fingerprint density at radius 2 is 2.20 bits per heavy atom. The van der Waals surface area contributed by atoms with Gasteiger partial charge in [-0.05, 0) is 25.2 Å². The minimum absolute atomic E-state index is 0.120. The molecule has 1 unspecified atom stereocenters. The van der Waals surface area contributed by atoms with Crippen LogP contribution >= 0.6 is 0 Å². The lowest BCUT2D eigenvalue weighted by atomic mass is 9.93. The first kappa shape index (κ1) is 7.60. The summed E-state index contributed by atoms with van der Waals surface area (Å²) in [6.45, 7) is 4.43. The van der Waals surface area contributed by atoms with Crippen molar-refractivity contribution in [3.63, 3.8) is 0 Å². The number of hydrogen-bond donors (Lipinski definition) is 0. The van der Waals surface area contributed by atoms with Gasteiger partial charge in [0.1, 0.15) is 0 Å². The van der Waals surface area contributed by atoms with Crippen molar-refractivity contribution in [1.82, 2.24) is 0 Å². The largest absolute Gasteiger partial charge is 0.198 e. The van der Waals surface area contributed by atoms with Crippen LogP contribution in [0.4, 0.5) is 0 Å². The van der Waals surface area contributed by atoms with Gasteiger partial charge in [0.05, 0.1) is 11.5 Å². The molecule has 0 spiro atoms. The second-order valence-corrected chi connectivity index (χ2v) is 3.61. The average molecular weight is 137 g/mol. The SMILES string of the molecule is CCC(C)CC1(C#N)CC1. The maximum atomic E-state index is 8.75. The van der Waals surface area contributed by atoms with Crippen LogP contribution in [0.5, 0.6) is 0 Å². The molecule has 0 radical (unpaired) electrons. The fraction of sp³-hybridized carbons (Fsp3) is 0.889. The zero-order chi connectivity index (χ0) is 7.61. The molecule has 1 aliphatic rings. The number of nitrogens with zero attached hydrogens (tertiary/aromatic N) is 1. The first-order valence-electron chi connectivity index (χ1n) is 4.14. The van der Waals surface area contributed by atoms with Gasteiger partial charge in [-0.1, -0.05) is 20.3 Å². The smallest absolute Gasteiger partial charge is 0.0689 e. The van der Waals surface area contributed by atoms with Crippen molar-refractivity contribution >= 4 is 0 Å². The second kappa shape index (κ2) is 2.62. The first-order valence-corrected chi connectivity index (χ1v) is 4.14. The molecule has 1 atom stereocenters. The maximum absolute atomic E-state index is 8.75. The molecule has 10 heavy (non-hydrogen) atoms. The van der Waals surface area contributed by atoms with Crippen molar-refractivity contribution in [2.24, 2.45) is 11.3 Å². The van der Waals surface area contributed by atoms with E-state index in [9.17, 15) is 0 Å². The zero-order valence-electron chi connectivity index (χ0n) is 6.85. The van der Waals surface area contributed by atoms with Crippen molar-refractivity contribution < 1.29 is 0 Å². The molecule has 0 saturated heterocycles. The van der Waals surface area contributed by atoms with E-state index < -0.39 is 0 Å². The molecule has 0 bridgehead atoms. The second-order valence-electron chi connectivity index (χ2n) is 3.61. The molecule has 1 fully saturated rings. The van der Waals surface area contributed by atoms with Crippen molar-refractivity contribution in [3.05, 3.63) is 0 Å². The highest BCUT2D eigenvalue weighted by atomic mass is 14.5. The van der Waals surface area contributed by atoms with Crippen LogP contribution < -0.4 is 0 Å². The fourth-order valence-corrected chi connectivity index (χ4v) is 1.32. The van der Waals surface area contributed by atoms with Crippen molar-refractivity contribution in [2.45, 2.75) is 39.5 Å². The van der Waals surface area contributed by atoms with E-state index >= 15 is 0 Å². The van der Waals surface area contributed by atoms with E-state index in [-0.39, 0.29) is 5.41 Å². The molecule has 0 amide bonds. The lowest BCUT2D eigenvalue weighted by Gasteiger charge is -2.10. The van der Waals surface area contributed by atoms with Gasteiger partial charge in [0.25, 0.3) is 0 Å². The molecule has 0 aromatic carbocycles. The summed E-state index contributed by atoms with van der Waals surface area (Å²) in [5.74, 6) is 0.738. The zero-order valence-corrected chi connectivity index (χ0v) is 6.85. The molecule has 1 heteroatoms. The van der Waals surface area contributed by atoms with Crippen molar-refractivity contribution in [3.8, 4) is 6.07 Å². The molecule has 1 saturated carbocycles. The lowest BCUT2D eigenvalue weighted by molar-refractivity contribution is 0.429.